The molecule has 0 amide bonds. The van der Waals surface area contributed by atoms with Crippen molar-refractivity contribution in [1.29, 1.82) is 0 Å². The van der Waals surface area contributed by atoms with E-state index in [-0.39, 0.29) is 6.04 Å². The molecule has 138 valence electrons. The molecule has 0 saturated carbocycles. The van der Waals surface area contributed by atoms with E-state index in [0.717, 1.165) is 36.3 Å². The van der Waals surface area contributed by atoms with Crippen molar-refractivity contribution in [3.8, 4) is 5.75 Å². The van der Waals surface area contributed by atoms with E-state index >= 15 is 0 Å². The molecule has 5 heteroatoms. The van der Waals surface area contributed by atoms with Crippen molar-refractivity contribution >= 4 is 17.7 Å². The Morgan fingerprint density at radius 2 is 1.73 bits per heavy atom. The van der Waals surface area contributed by atoms with Crippen LogP contribution in [-0.4, -0.2) is 41.9 Å². The third-order valence-corrected chi connectivity index (χ3v) is 5.77. The van der Waals surface area contributed by atoms with Crippen molar-refractivity contribution in [3.05, 3.63) is 59.7 Å². The van der Waals surface area contributed by atoms with E-state index in [0.29, 0.717) is 6.42 Å². The number of carboxylic acid groups (broad SMARTS) is 1. The van der Waals surface area contributed by atoms with Crippen LogP contribution in [0, 0.1) is 0 Å². The number of nitrogens with zero attached hydrogens (tertiary/aromatic N) is 1. The Bertz CT molecular complexity index is 682. The number of likely N-dealkylation sites (tertiary alicyclic amines) is 1. The summed E-state index contributed by atoms with van der Waals surface area (Å²) in [6.07, 6.45) is 4.75. The maximum absolute atomic E-state index is 11.9. The van der Waals surface area contributed by atoms with Gasteiger partial charge in [-0.15, -0.1) is 11.8 Å². The lowest BCUT2D eigenvalue weighted by Crippen LogP contribution is -2.46. The van der Waals surface area contributed by atoms with Gasteiger partial charge in [-0.3, -0.25) is 9.69 Å². The van der Waals surface area contributed by atoms with E-state index in [1.807, 2.05) is 24.3 Å². The molecule has 1 heterocycles. The quantitative estimate of drug-likeness (QED) is 0.761. The van der Waals surface area contributed by atoms with E-state index in [9.17, 15) is 9.90 Å². The number of hydrogen-bond acceptors (Lipinski definition) is 4. The number of carboxylic acids is 1. The largest absolute Gasteiger partial charge is 0.497 e. The van der Waals surface area contributed by atoms with Crippen LogP contribution < -0.4 is 4.74 Å². The first-order valence-corrected chi connectivity index (χ1v) is 10.1. The van der Waals surface area contributed by atoms with Crippen LogP contribution in [0.2, 0.25) is 0 Å². The summed E-state index contributed by atoms with van der Waals surface area (Å²) in [5, 5.41) is 9.75. The fourth-order valence-electron chi connectivity index (χ4n) is 3.68. The lowest BCUT2D eigenvalue weighted by molar-refractivity contribution is -0.145. The topological polar surface area (TPSA) is 49.8 Å². The van der Waals surface area contributed by atoms with Gasteiger partial charge in [0.25, 0.3) is 0 Å². The molecule has 0 aliphatic carbocycles. The van der Waals surface area contributed by atoms with E-state index in [2.05, 4.69) is 35.4 Å². The second-order valence-corrected chi connectivity index (χ2v) is 7.42. The second-order valence-electron chi connectivity index (χ2n) is 6.54. The Labute approximate surface area is 159 Å². The van der Waals surface area contributed by atoms with Gasteiger partial charge in [-0.05, 0) is 61.0 Å². The molecule has 2 aromatic carbocycles. The van der Waals surface area contributed by atoms with Crippen LogP contribution in [0.4, 0.5) is 0 Å². The molecule has 1 saturated heterocycles. The zero-order valence-electron chi connectivity index (χ0n) is 15.2. The van der Waals surface area contributed by atoms with E-state index in [4.69, 9.17) is 4.74 Å². The number of hydrogen-bond donors (Lipinski definition) is 1. The molecule has 2 atom stereocenters. The van der Waals surface area contributed by atoms with E-state index < -0.39 is 12.0 Å². The minimum atomic E-state index is -0.732. The first kappa shape index (κ1) is 18.8. The number of rotatable bonds is 6. The number of carbonyl (C=O) groups is 1. The lowest BCUT2D eigenvalue weighted by atomic mass is 9.91. The Kier molecular flexibility index (Phi) is 6.22. The van der Waals surface area contributed by atoms with E-state index in [1.165, 1.54) is 4.90 Å². The average molecular weight is 372 g/mol. The molecule has 1 fully saturated rings. The van der Waals surface area contributed by atoms with Gasteiger partial charge in [0.2, 0.25) is 0 Å². The third-order valence-electron chi connectivity index (χ3n) is 5.02. The van der Waals surface area contributed by atoms with Crippen LogP contribution in [-0.2, 0) is 4.79 Å². The van der Waals surface area contributed by atoms with Crippen molar-refractivity contribution in [2.75, 3.05) is 19.9 Å². The molecule has 3 rings (SSSR count). The summed E-state index contributed by atoms with van der Waals surface area (Å²) in [5.41, 5.74) is 2.22. The van der Waals surface area contributed by atoms with Gasteiger partial charge in [-0.2, -0.15) is 0 Å². The summed E-state index contributed by atoms with van der Waals surface area (Å²) in [4.78, 5) is 15.2. The molecule has 26 heavy (non-hydrogen) atoms. The van der Waals surface area contributed by atoms with Crippen molar-refractivity contribution in [3.63, 3.8) is 0 Å². The van der Waals surface area contributed by atoms with Gasteiger partial charge in [-0.25, -0.2) is 0 Å². The Hall–Kier alpha value is -1.98. The molecule has 0 aromatic heterocycles. The Morgan fingerprint density at radius 3 is 2.27 bits per heavy atom. The van der Waals surface area contributed by atoms with Crippen LogP contribution >= 0.6 is 11.8 Å². The summed E-state index contributed by atoms with van der Waals surface area (Å²) < 4.78 is 5.28. The van der Waals surface area contributed by atoms with Gasteiger partial charge in [0.1, 0.15) is 11.8 Å². The van der Waals surface area contributed by atoms with Gasteiger partial charge in [0, 0.05) is 4.90 Å². The number of thioether (sulfide) groups is 1. The maximum atomic E-state index is 11.9. The Morgan fingerprint density at radius 1 is 1.12 bits per heavy atom. The molecule has 1 aliphatic heterocycles. The fourth-order valence-corrected chi connectivity index (χ4v) is 4.08. The highest BCUT2D eigenvalue weighted by molar-refractivity contribution is 7.98. The van der Waals surface area contributed by atoms with Crippen molar-refractivity contribution in [2.45, 2.75) is 36.2 Å². The fraction of sp³-hybridized carbons (Fsp3) is 0.381. The van der Waals surface area contributed by atoms with Crippen LogP contribution in [0.1, 0.15) is 36.4 Å². The summed E-state index contributed by atoms with van der Waals surface area (Å²) in [5.74, 6) is 0.0719. The molecule has 1 N–H and O–H groups in total. The highest BCUT2D eigenvalue weighted by atomic mass is 32.2. The van der Waals surface area contributed by atoms with Crippen molar-refractivity contribution < 1.29 is 14.6 Å². The number of piperidine rings is 1. The van der Waals surface area contributed by atoms with Gasteiger partial charge in [0.05, 0.1) is 13.2 Å². The van der Waals surface area contributed by atoms with E-state index in [1.54, 1.807) is 18.9 Å². The molecule has 2 aromatic rings. The lowest BCUT2D eigenvalue weighted by Gasteiger charge is -2.39. The van der Waals surface area contributed by atoms with Crippen LogP contribution in [0.5, 0.6) is 5.75 Å². The highest BCUT2D eigenvalue weighted by Crippen LogP contribution is 2.35. The first-order valence-electron chi connectivity index (χ1n) is 8.90. The zero-order valence-corrected chi connectivity index (χ0v) is 16.0. The number of aliphatic carboxylic acids is 1. The smallest absolute Gasteiger partial charge is 0.320 e. The van der Waals surface area contributed by atoms with Crippen molar-refractivity contribution in [1.82, 2.24) is 4.90 Å². The zero-order chi connectivity index (χ0) is 18.5. The van der Waals surface area contributed by atoms with Gasteiger partial charge in [-0.1, -0.05) is 30.7 Å². The van der Waals surface area contributed by atoms with Crippen LogP contribution in [0.25, 0.3) is 0 Å². The number of ether oxygens (including phenoxy) is 1. The summed E-state index contributed by atoms with van der Waals surface area (Å²) >= 11 is 1.71. The van der Waals surface area contributed by atoms with Crippen LogP contribution in [0.3, 0.4) is 0 Å². The molecule has 0 spiro atoms. The molecular formula is C21H25NO3S. The first-order chi connectivity index (χ1) is 12.6. The molecular weight excluding hydrogens is 346 g/mol. The average Bonchev–Trinajstić information content (AvgIpc) is 2.69. The van der Waals surface area contributed by atoms with Gasteiger partial charge < -0.3 is 9.84 Å². The molecule has 0 radical (unpaired) electrons. The number of methoxy groups -OCH3 is 1. The molecule has 1 aliphatic rings. The van der Waals surface area contributed by atoms with Gasteiger partial charge in [0.15, 0.2) is 0 Å². The maximum Gasteiger partial charge on any atom is 0.320 e. The third kappa shape index (κ3) is 4.05. The normalized spacial score (nSPS) is 19.1. The summed E-state index contributed by atoms with van der Waals surface area (Å²) in [6.45, 7) is 0.790. The standard InChI is InChI=1S/C21H25NO3S/c1-25-17-10-6-15(7-11-17)20(16-8-12-18(26-2)13-9-16)22-14-4-3-5-19(22)21(23)24/h6-13,19-20H,3-5,14H2,1-2H3,(H,23,24). The predicted molar refractivity (Wildman–Crippen MR) is 105 cm³/mol. The molecule has 2 unspecified atom stereocenters. The minimum Gasteiger partial charge on any atom is -0.497 e. The van der Waals surface area contributed by atoms with Crippen molar-refractivity contribution in [2.24, 2.45) is 0 Å². The predicted octanol–water partition coefficient (Wildman–Crippen LogP) is 4.45. The second kappa shape index (κ2) is 8.60. The summed E-state index contributed by atoms with van der Waals surface area (Å²) in [6, 6.07) is 15.9. The summed E-state index contributed by atoms with van der Waals surface area (Å²) in [7, 11) is 1.65. The Balaban J connectivity index is 2.02. The highest BCUT2D eigenvalue weighted by Gasteiger charge is 2.35. The SMILES string of the molecule is COc1ccc(C(c2ccc(SC)cc2)N2CCCCC2C(=O)O)cc1. The van der Waals surface area contributed by atoms with Gasteiger partial charge >= 0.3 is 5.97 Å². The molecule has 4 nitrogen and oxygen atoms in total. The monoisotopic (exact) mass is 371 g/mol. The minimum absolute atomic E-state index is 0.0711. The van der Waals surface area contributed by atoms with Crippen LogP contribution in [0.15, 0.2) is 53.4 Å². The number of benzene rings is 2. The molecule has 0 bridgehead atoms.